The van der Waals surface area contributed by atoms with Crippen LogP contribution in [0.5, 0.6) is 0 Å². The van der Waals surface area contributed by atoms with Gasteiger partial charge in [-0.2, -0.15) is 13.2 Å². The fraction of sp³-hybridized carbons (Fsp3) is 0.208. The number of halogens is 3. The first-order valence-electron chi connectivity index (χ1n) is 10.3. The number of carbonyl (C=O) groups is 1. The smallest absolute Gasteiger partial charge is 0.351 e. The number of nitrogens with one attached hydrogen (secondary N) is 1. The number of fused-ring (bicyclic) bond motifs is 1. The lowest BCUT2D eigenvalue weighted by Crippen LogP contribution is -2.37. The molecule has 0 bridgehead atoms. The maximum atomic E-state index is 12.8. The number of benzene rings is 3. The van der Waals surface area contributed by atoms with Gasteiger partial charge in [-0.05, 0) is 47.4 Å². The lowest BCUT2D eigenvalue weighted by molar-refractivity contribution is -0.137. The summed E-state index contributed by atoms with van der Waals surface area (Å²) in [6.07, 6.45) is -3.81. The average Bonchev–Trinajstić information content (AvgIpc) is 3.24. The summed E-state index contributed by atoms with van der Waals surface area (Å²) >= 11 is 0. The molecule has 0 aliphatic carbocycles. The van der Waals surface area contributed by atoms with Gasteiger partial charge in [0.2, 0.25) is 10.0 Å². The van der Waals surface area contributed by atoms with Crippen molar-refractivity contribution in [2.75, 3.05) is 23.1 Å². The number of rotatable bonds is 6. The van der Waals surface area contributed by atoms with Crippen LogP contribution in [0.2, 0.25) is 0 Å². The summed E-state index contributed by atoms with van der Waals surface area (Å²) < 4.78 is 65.5. The van der Waals surface area contributed by atoms with Gasteiger partial charge in [0.15, 0.2) is 0 Å². The van der Waals surface area contributed by atoms with Gasteiger partial charge < -0.3 is 5.32 Å². The highest BCUT2D eigenvalue weighted by Crippen LogP contribution is 2.32. The summed E-state index contributed by atoms with van der Waals surface area (Å²) in [5.41, 5.74) is 2.02. The second-order valence-electron chi connectivity index (χ2n) is 7.64. The first kappa shape index (κ1) is 22.8. The number of sulfonamides is 1. The molecule has 33 heavy (non-hydrogen) atoms. The number of hydrogen-bond donors (Lipinski definition) is 1. The Morgan fingerprint density at radius 1 is 0.939 bits per heavy atom. The molecular weight excluding hydrogens is 453 g/mol. The van der Waals surface area contributed by atoms with Crippen LogP contribution in [0.15, 0.2) is 72.8 Å². The van der Waals surface area contributed by atoms with Gasteiger partial charge in [0, 0.05) is 18.7 Å². The van der Waals surface area contributed by atoms with Crippen molar-refractivity contribution in [1.82, 2.24) is 5.32 Å². The number of alkyl halides is 3. The van der Waals surface area contributed by atoms with Crippen molar-refractivity contribution in [3.63, 3.8) is 0 Å². The summed E-state index contributed by atoms with van der Waals surface area (Å²) in [5, 5.41) is 2.62. The topological polar surface area (TPSA) is 66.5 Å². The SMILES string of the molecule is O=C(NCCS(=O)(=O)N1CCc2ccccc21)c1ccccc1-c1ccc(C(F)(F)F)cc1. The Hall–Kier alpha value is -3.33. The Balaban J connectivity index is 1.45. The number of carbonyl (C=O) groups excluding carboxylic acids is 1. The largest absolute Gasteiger partial charge is 0.416 e. The number of amides is 1. The Bertz CT molecular complexity index is 1270. The first-order chi connectivity index (χ1) is 15.7. The zero-order chi connectivity index (χ0) is 23.6. The Morgan fingerprint density at radius 2 is 1.61 bits per heavy atom. The molecular formula is C24H21F3N2O3S. The molecule has 1 aliphatic heterocycles. The summed E-state index contributed by atoms with van der Waals surface area (Å²) in [5.74, 6) is -0.766. The van der Waals surface area contributed by atoms with Crippen LogP contribution in [0, 0.1) is 0 Å². The minimum atomic E-state index is -4.45. The molecule has 3 aromatic carbocycles. The minimum absolute atomic E-state index is 0.0961. The Morgan fingerprint density at radius 3 is 2.33 bits per heavy atom. The van der Waals surface area contributed by atoms with E-state index in [0.29, 0.717) is 29.8 Å². The van der Waals surface area contributed by atoms with Crippen LogP contribution in [0.3, 0.4) is 0 Å². The minimum Gasteiger partial charge on any atom is -0.351 e. The number of hydrogen-bond acceptors (Lipinski definition) is 3. The molecule has 0 saturated carbocycles. The molecule has 4 rings (SSSR count). The van der Waals surface area contributed by atoms with Crippen LogP contribution in [-0.2, 0) is 22.6 Å². The fourth-order valence-electron chi connectivity index (χ4n) is 3.87. The second-order valence-corrected chi connectivity index (χ2v) is 9.66. The van der Waals surface area contributed by atoms with Gasteiger partial charge in [0.1, 0.15) is 0 Å². The van der Waals surface area contributed by atoms with Gasteiger partial charge in [-0.1, -0.05) is 48.5 Å². The van der Waals surface area contributed by atoms with Crippen molar-refractivity contribution in [1.29, 1.82) is 0 Å². The quantitative estimate of drug-likeness (QED) is 0.572. The van der Waals surface area contributed by atoms with Crippen LogP contribution in [0.25, 0.3) is 11.1 Å². The molecule has 3 aromatic rings. The molecule has 1 heterocycles. The highest BCUT2D eigenvalue weighted by molar-refractivity contribution is 7.92. The van der Waals surface area contributed by atoms with Gasteiger partial charge in [0.25, 0.3) is 5.91 Å². The van der Waals surface area contributed by atoms with Crippen LogP contribution < -0.4 is 9.62 Å². The number of anilines is 1. The molecule has 0 saturated heterocycles. The summed E-state index contributed by atoms with van der Waals surface area (Å²) in [7, 11) is -3.62. The van der Waals surface area contributed by atoms with E-state index >= 15 is 0 Å². The first-order valence-corrected chi connectivity index (χ1v) is 11.9. The van der Waals surface area contributed by atoms with Crippen molar-refractivity contribution in [2.24, 2.45) is 0 Å². The van der Waals surface area contributed by atoms with Crippen LogP contribution in [-0.4, -0.2) is 33.2 Å². The van der Waals surface area contributed by atoms with E-state index in [4.69, 9.17) is 0 Å². The predicted octanol–water partition coefficient (Wildman–Crippen LogP) is 4.49. The van der Waals surface area contributed by atoms with Gasteiger partial charge in [0.05, 0.1) is 17.0 Å². The molecule has 0 atom stereocenters. The second kappa shape index (κ2) is 8.90. The van der Waals surface area contributed by atoms with E-state index in [1.54, 1.807) is 36.4 Å². The number of para-hydroxylation sites is 1. The van der Waals surface area contributed by atoms with Gasteiger partial charge >= 0.3 is 6.18 Å². The fourth-order valence-corrected chi connectivity index (χ4v) is 5.30. The molecule has 1 amide bonds. The highest BCUT2D eigenvalue weighted by atomic mass is 32.2. The van der Waals surface area contributed by atoms with Crippen molar-refractivity contribution in [3.05, 3.63) is 89.5 Å². The molecule has 0 unspecified atom stereocenters. The van der Waals surface area contributed by atoms with Crippen molar-refractivity contribution < 1.29 is 26.4 Å². The maximum Gasteiger partial charge on any atom is 0.416 e. The van der Waals surface area contributed by atoms with E-state index in [2.05, 4.69) is 5.32 Å². The van der Waals surface area contributed by atoms with Crippen molar-refractivity contribution in [3.8, 4) is 11.1 Å². The van der Waals surface area contributed by atoms with Crippen LogP contribution in [0.1, 0.15) is 21.5 Å². The lowest BCUT2D eigenvalue weighted by atomic mass is 9.98. The molecule has 0 fully saturated rings. The van der Waals surface area contributed by atoms with Crippen molar-refractivity contribution in [2.45, 2.75) is 12.6 Å². The van der Waals surface area contributed by atoms with Crippen molar-refractivity contribution >= 4 is 21.6 Å². The van der Waals surface area contributed by atoms with Crippen LogP contribution >= 0.6 is 0 Å². The molecule has 9 heteroatoms. The summed E-state index contributed by atoms with van der Waals surface area (Å²) in [6, 6.07) is 18.4. The van der Waals surface area contributed by atoms with Gasteiger partial charge in [-0.25, -0.2) is 8.42 Å². The van der Waals surface area contributed by atoms with Crippen LogP contribution in [0.4, 0.5) is 18.9 Å². The molecule has 0 aromatic heterocycles. The maximum absolute atomic E-state index is 12.8. The molecule has 1 N–H and O–H groups in total. The molecule has 172 valence electrons. The third-order valence-corrected chi connectivity index (χ3v) is 7.29. The van der Waals surface area contributed by atoms with E-state index < -0.39 is 27.7 Å². The Kier molecular flexibility index (Phi) is 6.16. The van der Waals surface area contributed by atoms with Gasteiger partial charge in [-0.15, -0.1) is 0 Å². The predicted molar refractivity (Wildman–Crippen MR) is 120 cm³/mol. The standard InChI is InChI=1S/C24H21F3N2O3S/c25-24(26,27)19-11-9-17(10-12-19)20-6-2-3-7-21(20)23(30)28-14-16-33(31,32)29-15-13-18-5-1-4-8-22(18)29/h1-12H,13-16H2,(H,28,30). The normalized spacial score (nSPS) is 13.6. The highest BCUT2D eigenvalue weighted by Gasteiger charge is 2.30. The van der Waals surface area contributed by atoms with E-state index in [1.165, 1.54) is 16.4 Å². The number of nitrogens with zero attached hydrogens (tertiary/aromatic N) is 1. The van der Waals surface area contributed by atoms with Gasteiger partial charge in [-0.3, -0.25) is 9.10 Å². The Labute approximate surface area is 189 Å². The monoisotopic (exact) mass is 474 g/mol. The zero-order valence-electron chi connectivity index (χ0n) is 17.5. The van der Waals surface area contributed by atoms with E-state index in [0.717, 1.165) is 17.7 Å². The molecule has 0 spiro atoms. The lowest BCUT2D eigenvalue weighted by Gasteiger charge is -2.19. The van der Waals surface area contributed by atoms with E-state index in [-0.39, 0.29) is 17.9 Å². The summed E-state index contributed by atoms with van der Waals surface area (Å²) in [6.45, 7) is 0.271. The third kappa shape index (κ3) is 4.88. The molecule has 0 radical (unpaired) electrons. The summed E-state index contributed by atoms with van der Waals surface area (Å²) in [4.78, 5) is 12.8. The average molecular weight is 475 g/mol. The molecule has 5 nitrogen and oxygen atoms in total. The molecule has 1 aliphatic rings. The van der Waals surface area contributed by atoms with E-state index in [1.807, 2.05) is 12.1 Å². The third-order valence-electron chi connectivity index (χ3n) is 5.52. The zero-order valence-corrected chi connectivity index (χ0v) is 18.3. The van der Waals surface area contributed by atoms with E-state index in [9.17, 15) is 26.4 Å².